The van der Waals surface area contributed by atoms with E-state index in [1.165, 1.54) is 156 Å². The highest BCUT2D eigenvalue weighted by atomic mass is 16.3. The van der Waals surface area contributed by atoms with Gasteiger partial charge in [-0.15, -0.1) is 0 Å². The highest BCUT2D eigenvalue weighted by molar-refractivity contribution is 5.75. The van der Waals surface area contributed by atoms with E-state index in [-0.39, 0.29) is 19.8 Å². The Kier molecular flexibility index (Phi) is 35.8. The molecule has 0 atom stereocenters. The third-order valence-corrected chi connectivity index (χ3v) is 25.0. The van der Waals surface area contributed by atoms with Gasteiger partial charge in [-0.1, -0.05) is 25.0 Å². The van der Waals surface area contributed by atoms with Crippen molar-refractivity contribution in [2.75, 3.05) is 315 Å². The van der Waals surface area contributed by atoms with Crippen molar-refractivity contribution in [2.45, 2.75) is 115 Å². The summed E-state index contributed by atoms with van der Waals surface area (Å²) < 4.78 is 6.46. The molecular weight excluding hydrogens is 1410 g/mol. The first-order chi connectivity index (χ1) is 53.7. The second-order valence-corrected chi connectivity index (χ2v) is 35.7. The second-order valence-electron chi connectivity index (χ2n) is 35.7. The van der Waals surface area contributed by atoms with E-state index in [1.807, 2.05) is 91.0 Å². The number of aliphatic hydroxyl groups excluding tert-OH is 3. The van der Waals surface area contributed by atoms with Crippen LogP contribution in [-0.2, 0) is 12.8 Å². The lowest BCUT2D eigenvalue weighted by Gasteiger charge is -2.45. The molecule has 6 aromatic carbocycles. The molecule has 12 rings (SSSR count). The van der Waals surface area contributed by atoms with Crippen molar-refractivity contribution in [1.82, 2.24) is 0 Å². The van der Waals surface area contributed by atoms with Gasteiger partial charge in [0, 0.05) is 84.3 Å². The molecule has 6 saturated heterocycles. The van der Waals surface area contributed by atoms with E-state index in [2.05, 4.69) is 88.1 Å². The van der Waals surface area contributed by atoms with Gasteiger partial charge < -0.3 is 131 Å². The average Bonchev–Trinajstić information content (AvgIpc) is 1.81. The summed E-state index contributed by atoms with van der Waals surface area (Å²) in [5.74, 6) is 0. The molecule has 630 valence electrons. The summed E-state index contributed by atoms with van der Waals surface area (Å²) in [5.41, 5.74) is 86.3. The number of rotatable bonds is 25. The Labute approximate surface area is 680 Å². The lowest BCUT2D eigenvalue weighted by atomic mass is 10.0. The molecular formula is C88H156N22O3+6. The van der Waals surface area contributed by atoms with Crippen LogP contribution in [0, 0.1) is 0 Å². The number of piperidine rings is 2. The van der Waals surface area contributed by atoms with Crippen LogP contribution in [0.1, 0.15) is 107 Å². The van der Waals surface area contributed by atoms with Crippen molar-refractivity contribution in [3.63, 3.8) is 0 Å². The van der Waals surface area contributed by atoms with Gasteiger partial charge in [-0.3, -0.25) is 0 Å². The van der Waals surface area contributed by atoms with Crippen LogP contribution >= 0.6 is 0 Å². The number of anilines is 16. The average molecular weight is 1570 g/mol. The first kappa shape index (κ1) is 91.9. The topological polar surface area (TPSA) is 386 Å². The fourth-order valence-corrected chi connectivity index (χ4v) is 17.2. The smallest absolute Gasteiger partial charge is 0.102 e. The molecule has 0 saturated carbocycles. The van der Waals surface area contributed by atoms with Crippen LogP contribution in [0.25, 0.3) is 0 Å². The van der Waals surface area contributed by atoms with Crippen LogP contribution in [0.5, 0.6) is 0 Å². The van der Waals surface area contributed by atoms with Crippen molar-refractivity contribution in [2.24, 2.45) is 0 Å². The van der Waals surface area contributed by atoms with Gasteiger partial charge in [0.2, 0.25) is 0 Å². The molecule has 6 aromatic rings. The van der Waals surface area contributed by atoms with Crippen molar-refractivity contribution in [3.8, 4) is 0 Å². The Morgan fingerprint density at radius 1 is 0.310 bits per heavy atom. The van der Waals surface area contributed by atoms with E-state index in [0.29, 0.717) is 30.2 Å². The van der Waals surface area contributed by atoms with Crippen molar-refractivity contribution >= 4 is 91.0 Å². The van der Waals surface area contributed by atoms with E-state index >= 15 is 0 Å². The monoisotopic (exact) mass is 1570 g/mol. The largest absolute Gasteiger partial charge is 0.399 e. The second kappa shape index (κ2) is 44.0. The molecule has 25 heteroatoms. The zero-order chi connectivity index (χ0) is 82.4. The zero-order valence-electron chi connectivity index (χ0n) is 71.1. The number of quaternary nitrogens is 6. The normalized spacial score (nSPS) is 18.3. The quantitative estimate of drug-likeness (QED) is 0.0145. The van der Waals surface area contributed by atoms with Crippen molar-refractivity contribution < 1.29 is 42.2 Å². The maximum Gasteiger partial charge on any atom is 0.102 e. The van der Waals surface area contributed by atoms with Crippen LogP contribution in [0.15, 0.2) is 109 Å². The van der Waals surface area contributed by atoms with Gasteiger partial charge in [-0.2, -0.15) is 0 Å². The number of aliphatic hydroxyl groups is 3. The fourth-order valence-electron chi connectivity index (χ4n) is 17.2. The number of nitrogens with zero attached hydrogens (tertiary/aromatic N) is 10. The molecule has 6 aliphatic rings. The summed E-state index contributed by atoms with van der Waals surface area (Å²) in [5, 5.41) is 27.5. The van der Waals surface area contributed by atoms with E-state index in [4.69, 9.17) is 73.9 Å². The Morgan fingerprint density at radius 3 is 0.912 bits per heavy atom. The van der Waals surface area contributed by atoms with E-state index in [0.717, 1.165) is 209 Å². The van der Waals surface area contributed by atoms with Crippen LogP contribution in [0.4, 0.5) is 91.0 Å². The fraction of sp³-hybridized carbons (Fsp3) is 0.591. The van der Waals surface area contributed by atoms with Gasteiger partial charge >= 0.3 is 0 Å². The lowest BCUT2D eigenvalue weighted by molar-refractivity contribution is -0.929. The van der Waals surface area contributed by atoms with Gasteiger partial charge in [-0.05, 0) is 179 Å². The van der Waals surface area contributed by atoms with Gasteiger partial charge in [0.1, 0.15) is 19.6 Å². The lowest BCUT2D eigenvalue weighted by Crippen LogP contribution is -2.61. The Bertz CT molecular complexity index is 3760. The molecule has 0 radical (unpaired) electrons. The van der Waals surface area contributed by atoms with Gasteiger partial charge in [0.15, 0.2) is 0 Å². The predicted molar refractivity (Wildman–Crippen MR) is 484 cm³/mol. The Hall–Kier alpha value is -8.24. The first-order valence-electron chi connectivity index (χ1n) is 42.4. The van der Waals surface area contributed by atoms with Crippen LogP contribution < -0.4 is 88.4 Å². The molecule has 0 bridgehead atoms. The third kappa shape index (κ3) is 30.2. The molecule has 0 aromatic heterocycles. The molecule has 113 heavy (non-hydrogen) atoms. The molecule has 0 aliphatic carbocycles. The number of nitrogens with two attached hydrogens (primary N) is 12. The summed E-state index contributed by atoms with van der Waals surface area (Å²) in [6, 6.07) is 35.4. The molecule has 6 fully saturated rings. The predicted octanol–water partition coefficient (Wildman–Crippen LogP) is 8.63. The molecule has 0 unspecified atom stereocenters. The Morgan fingerprint density at radius 2 is 0.593 bits per heavy atom. The number of hydrogen-bond acceptors (Lipinski definition) is 19. The SMILES string of the molecule is C[N+](C)(C)C1CCN(c2ccc(N)cc2N)CC1.C[N+]1(C)CCN(c2ccc(N)cc2N)CC1.C[N+]1(CCCCCCc2ccc(N)cc2N)CCCC1.C[N+]1(CCCCCCc2ccc(N)cc2N)CCCCC1.C[N+]1(CCO)CCN(c2ccc(N)cc2N)CC1.Nc1ccc(N2CC[N+](CCO)(CCO)CC2)c(N)c1. The van der Waals surface area contributed by atoms with E-state index in [9.17, 15) is 10.2 Å². The minimum absolute atomic E-state index is 0.157. The standard InChI is InChI=1S/C18H32N3.C17H30N3.C14H25N4O2.C14H25N4.C13H23N4O.C12H21N4/c1-21(13-7-4-8-14-21)12-6-3-2-5-9-16-10-11-17(19)15-18(16)20;1-20(12-6-7-13-20)11-5-3-2-4-8-15-9-10-16(18)14-17(15)19;15-12-1-2-14(13(16)11-12)17-3-5-18(6-4-17,7-9-19)8-10-20;1-18(2,3)12-6-8-17(9-7-12)14-5-4-11(15)10-13(14)16;1-17(8-9-18)6-4-16(5-7-17)13-3-2-11(14)10-12(13)15;1-16(2)7-5-15(6-8-16)12-4-3-10(13)9-11(12)14/h10-11,15H,2-9,12-14,19-20H2,1H3;9-10,14H,2-8,11-13,18-19H2,1H3;1-2,11,19-20H,3-10,15-16H2;4-5,10,12H,6-9,15-16H2,1-3H3;2-3,10,18H,4-9,14-15H2,1H3;3-4,9H,5-8,13-14H2,1-2H3/q6*+1. The van der Waals surface area contributed by atoms with Gasteiger partial charge in [-0.25, -0.2) is 0 Å². The highest BCUT2D eigenvalue weighted by Crippen LogP contribution is 2.33. The van der Waals surface area contributed by atoms with Crippen LogP contribution in [0.3, 0.4) is 0 Å². The van der Waals surface area contributed by atoms with Crippen molar-refractivity contribution in [3.05, 3.63) is 120 Å². The van der Waals surface area contributed by atoms with E-state index in [1.54, 1.807) is 6.07 Å². The minimum atomic E-state index is 0.157. The number of hydrogen-bond donors (Lipinski definition) is 15. The number of piperazine rings is 3. The summed E-state index contributed by atoms with van der Waals surface area (Å²) in [6.45, 7) is 25.2. The summed E-state index contributed by atoms with van der Waals surface area (Å²) >= 11 is 0. The summed E-state index contributed by atoms with van der Waals surface area (Å²) in [7, 11) is 18.4. The number of aryl methyl sites for hydroxylation is 2. The highest BCUT2D eigenvalue weighted by Gasteiger charge is 2.35. The number of likely N-dealkylation sites (N-methyl/N-ethyl adjacent to an activating group) is 2. The maximum atomic E-state index is 9.22. The maximum absolute atomic E-state index is 9.22. The number of nitrogen functional groups attached to an aromatic ring is 12. The molecule has 6 aliphatic heterocycles. The minimum Gasteiger partial charge on any atom is -0.399 e. The molecule has 6 heterocycles. The van der Waals surface area contributed by atoms with E-state index < -0.39 is 0 Å². The first-order valence-corrected chi connectivity index (χ1v) is 42.4. The third-order valence-electron chi connectivity index (χ3n) is 25.0. The Balaban J connectivity index is 0.000000188. The number of benzene rings is 6. The summed E-state index contributed by atoms with van der Waals surface area (Å²) in [6.07, 6.45) is 22.3. The van der Waals surface area contributed by atoms with Crippen LogP contribution in [-0.4, -0.2) is 275 Å². The number of likely N-dealkylation sites (tertiary alicyclic amines) is 2. The van der Waals surface area contributed by atoms with Crippen molar-refractivity contribution in [1.29, 1.82) is 0 Å². The molecule has 25 nitrogen and oxygen atoms in total. The number of unbranched alkanes of at least 4 members (excludes halogenated alkanes) is 6. The van der Waals surface area contributed by atoms with Gasteiger partial charge in [0.05, 0.1) is 246 Å². The zero-order valence-corrected chi connectivity index (χ0v) is 71.1. The molecule has 0 spiro atoms. The molecule has 0 amide bonds. The molecule has 27 N–H and O–H groups in total. The van der Waals surface area contributed by atoms with Gasteiger partial charge in [0.25, 0.3) is 0 Å². The summed E-state index contributed by atoms with van der Waals surface area (Å²) in [4.78, 5) is 9.27. The van der Waals surface area contributed by atoms with Crippen LogP contribution in [0.2, 0.25) is 0 Å².